The molecule has 1 aromatic carbocycles. The van der Waals surface area contributed by atoms with Gasteiger partial charge < -0.3 is 19.7 Å². The molecule has 0 radical (unpaired) electrons. The molecule has 11 heteroatoms. The summed E-state index contributed by atoms with van der Waals surface area (Å²) in [6.45, 7) is 3.85. The summed E-state index contributed by atoms with van der Waals surface area (Å²) >= 11 is 6.15. The first-order valence-electron chi connectivity index (χ1n) is 12.8. The van der Waals surface area contributed by atoms with Crippen molar-refractivity contribution in [3.8, 4) is 11.1 Å². The summed E-state index contributed by atoms with van der Waals surface area (Å²) in [5.74, 6) is 1.44. The van der Waals surface area contributed by atoms with E-state index in [1.54, 1.807) is 49.1 Å². The Bertz CT molecular complexity index is 1560. The van der Waals surface area contributed by atoms with Gasteiger partial charge in [-0.3, -0.25) is 19.5 Å². The molecule has 1 saturated heterocycles. The van der Waals surface area contributed by atoms with Gasteiger partial charge in [0.05, 0.1) is 17.1 Å². The quantitative estimate of drug-likeness (QED) is 0.378. The van der Waals surface area contributed by atoms with Crippen LogP contribution in [0.4, 0.5) is 11.8 Å². The number of hydrogen-bond acceptors (Lipinski definition) is 8. The second-order valence-electron chi connectivity index (χ2n) is 9.89. The van der Waals surface area contributed by atoms with Gasteiger partial charge >= 0.3 is 0 Å². The van der Waals surface area contributed by atoms with Crippen LogP contribution in [0, 0.1) is 0 Å². The molecule has 0 saturated carbocycles. The molecule has 3 aromatic heterocycles. The van der Waals surface area contributed by atoms with E-state index in [2.05, 4.69) is 20.1 Å². The first-order valence-corrected chi connectivity index (χ1v) is 13.1. The van der Waals surface area contributed by atoms with Crippen molar-refractivity contribution in [1.29, 1.82) is 0 Å². The molecule has 39 heavy (non-hydrogen) atoms. The highest BCUT2D eigenvalue weighted by Crippen LogP contribution is 2.29. The normalized spacial score (nSPS) is 14.0. The number of amides is 1. The molecule has 4 heterocycles. The number of rotatable bonds is 7. The molecular formula is C28H31ClN8O2. The molecule has 5 rings (SSSR count). The number of benzene rings is 1. The number of hydrogen-bond donors (Lipinski definition) is 1. The number of anilines is 2. The van der Waals surface area contributed by atoms with E-state index in [4.69, 9.17) is 21.6 Å². The van der Waals surface area contributed by atoms with Crippen molar-refractivity contribution in [1.82, 2.24) is 29.3 Å². The predicted molar refractivity (Wildman–Crippen MR) is 154 cm³/mol. The number of aryl methyl sites for hydroxylation is 1. The Morgan fingerprint density at radius 3 is 2.51 bits per heavy atom. The summed E-state index contributed by atoms with van der Waals surface area (Å²) in [6, 6.07) is 11.3. The van der Waals surface area contributed by atoms with Crippen LogP contribution in [0.1, 0.15) is 5.56 Å². The van der Waals surface area contributed by atoms with Crippen LogP contribution in [0.5, 0.6) is 0 Å². The van der Waals surface area contributed by atoms with Gasteiger partial charge in [0.2, 0.25) is 17.4 Å². The molecule has 1 aliphatic heterocycles. The lowest BCUT2D eigenvalue weighted by molar-refractivity contribution is -0.129. The van der Waals surface area contributed by atoms with Crippen LogP contribution in [0.15, 0.2) is 59.8 Å². The second-order valence-corrected chi connectivity index (χ2v) is 10.3. The van der Waals surface area contributed by atoms with Crippen LogP contribution in [0.3, 0.4) is 0 Å². The fourth-order valence-electron chi connectivity index (χ4n) is 4.51. The summed E-state index contributed by atoms with van der Waals surface area (Å²) in [6.07, 6.45) is 5.20. The number of pyridine rings is 2. The maximum Gasteiger partial charge on any atom is 0.250 e. The van der Waals surface area contributed by atoms with Crippen molar-refractivity contribution < 1.29 is 4.79 Å². The molecule has 10 nitrogen and oxygen atoms in total. The first kappa shape index (κ1) is 26.6. The molecule has 0 spiro atoms. The zero-order valence-corrected chi connectivity index (χ0v) is 23.0. The minimum absolute atomic E-state index is 0.0591. The lowest BCUT2D eigenvalue weighted by Crippen LogP contribution is -2.49. The molecule has 1 aliphatic rings. The van der Waals surface area contributed by atoms with Crippen LogP contribution in [0.2, 0.25) is 5.02 Å². The molecule has 0 aliphatic carbocycles. The number of likely N-dealkylation sites (N-methyl/N-ethyl adjacent to an activating group) is 1. The van der Waals surface area contributed by atoms with E-state index >= 15 is 0 Å². The lowest BCUT2D eigenvalue weighted by Gasteiger charge is -2.35. The Kier molecular flexibility index (Phi) is 7.76. The third-order valence-corrected chi connectivity index (χ3v) is 7.04. The van der Waals surface area contributed by atoms with Crippen LogP contribution < -0.4 is 15.8 Å². The van der Waals surface area contributed by atoms with Crippen molar-refractivity contribution in [2.24, 2.45) is 7.05 Å². The molecule has 0 unspecified atom stereocenters. The minimum Gasteiger partial charge on any atom is -0.365 e. The van der Waals surface area contributed by atoms with Crippen LogP contribution in [0.25, 0.3) is 22.0 Å². The number of nitrogens with one attached hydrogen (secondary N) is 1. The van der Waals surface area contributed by atoms with Crippen molar-refractivity contribution in [3.05, 3.63) is 75.9 Å². The highest BCUT2D eigenvalue weighted by Gasteiger charge is 2.22. The molecule has 0 atom stereocenters. The van der Waals surface area contributed by atoms with Crippen molar-refractivity contribution in [3.63, 3.8) is 0 Å². The highest BCUT2D eigenvalue weighted by atomic mass is 35.5. The Labute approximate surface area is 231 Å². The molecule has 1 amide bonds. The Balaban J connectivity index is 1.46. The Morgan fingerprint density at radius 1 is 1.03 bits per heavy atom. The smallest absolute Gasteiger partial charge is 0.250 e. The summed E-state index contributed by atoms with van der Waals surface area (Å²) in [4.78, 5) is 44.0. The van der Waals surface area contributed by atoms with Crippen molar-refractivity contribution in [2.45, 2.75) is 6.54 Å². The van der Waals surface area contributed by atoms with Gasteiger partial charge in [-0.15, -0.1) is 0 Å². The zero-order valence-electron chi connectivity index (χ0n) is 22.3. The Morgan fingerprint density at radius 2 is 1.79 bits per heavy atom. The SMILES string of the molecule is CN(C)C(=O)CN1CCN(c2nc(NCc3cncc(Cl)c3)c3cc(-c4ccc(=O)n(C)c4)ccc3n2)CC1. The van der Waals surface area contributed by atoms with E-state index < -0.39 is 0 Å². The number of halogens is 1. The number of carbonyl (C=O) groups is 1. The van der Waals surface area contributed by atoms with Gasteiger partial charge in [-0.05, 0) is 41.0 Å². The summed E-state index contributed by atoms with van der Waals surface area (Å²) in [5.41, 5.74) is 3.57. The van der Waals surface area contributed by atoms with Crippen molar-refractivity contribution >= 4 is 40.2 Å². The number of aromatic nitrogens is 4. The van der Waals surface area contributed by atoms with Gasteiger partial charge in [-0.2, -0.15) is 4.98 Å². The predicted octanol–water partition coefficient (Wildman–Crippen LogP) is 2.87. The molecule has 4 aromatic rings. The highest BCUT2D eigenvalue weighted by molar-refractivity contribution is 6.30. The zero-order chi connectivity index (χ0) is 27.5. The van der Waals surface area contributed by atoms with Crippen LogP contribution >= 0.6 is 11.6 Å². The van der Waals surface area contributed by atoms with Gasteiger partial charge in [-0.25, -0.2) is 4.98 Å². The summed E-state index contributed by atoms with van der Waals surface area (Å²) in [7, 11) is 5.30. The number of carbonyl (C=O) groups excluding carboxylic acids is 1. The molecular weight excluding hydrogens is 516 g/mol. The average Bonchev–Trinajstić information content (AvgIpc) is 2.93. The maximum absolute atomic E-state index is 12.1. The van der Waals surface area contributed by atoms with Gasteiger partial charge in [0.25, 0.3) is 0 Å². The van der Waals surface area contributed by atoms with Gasteiger partial charge in [0.1, 0.15) is 5.82 Å². The largest absolute Gasteiger partial charge is 0.365 e. The van der Waals surface area contributed by atoms with E-state index in [1.165, 1.54) is 0 Å². The first-order chi connectivity index (χ1) is 18.8. The van der Waals surface area contributed by atoms with E-state index in [0.717, 1.165) is 53.8 Å². The monoisotopic (exact) mass is 546 g/mol. The van der Waals surface area contributed by atoms with E-state index in [0.29, 0.717) is 29.9 Å². The average molecular weight is 547 g/mol. The molecule has 1 N–H and O–H groups in total. The topological polar surface area (TPSA) is 99.5 Å². The van der Waals surface area contributed by atoms with E-state index in [-0.39, 0.29) is 11.5 Å². The van der Waals surface area contributed by atoms with Gasteiger partial charge in [0.15, 0.2) is 0 Å². The lowest BCUT2D eigenvalue weighted by atomic mass is 10.0. The standard InChI is InChI=1S/C28H31ClN8O2/c1-34(2)26(39)18-36-8-10-37(11-9-36)28-32-24-6-4-20(21-5-7-25(38)35(3)17-21)13-23(24)27(33-28)31-15-19-12-22(29)16-30-14-19/h4-7,12-14,16-17H,8-11,15,18H2,1-3H3,(H,31,32,33). The van der Waals surface area contributed by atoms with Gasteiger partial charge in [-0.1, -0.05) is 17.7 Å². The summed E-state index contributed by atoms with van der Waals surface area (Å²) < 4.78 is 1.57. The van der Waals surface area contributed by atoms with Crippen molar-refractivity contribution in [2.75, 3.05) is 57.0 Å². The van der Waals surface area contributed by atoms with Gasteiger partial charge in [0, 0.05) is 83.9 Å². The summed E-state index contributed by atoms with van der Waals surface area (Å²) in [5, 5.41) is 4.91. The van der Waals surface area contributed by atoms with Crippen LogP contribution in [-0.2, 0) is 18.4 Å². The maximum atomic E-state index is 12.1. The Hall–Kier alpha value is -4.02. The second kappa shape index (κ2) is 11.4. The fraction of sp³-hybridized carbons (Fsp3) is 0.321. The number of piperazine rings is 1. The minimum atomic E-state index is -0.0591. The van der Waals surface area contributed by atoms with Crippen LogP contribution in [-0.4, -0.2) is 82.0 Å². The van der Waals surface area contributed by atoms with E-state index in [9.17, 15) is 9.59 Å². The number of fused-ring (bicyclic) bond motifs is 1. The fourth-order valence-corrected chi connectivity index (χ4v) is 4.71. The number of nitrogens with zero attached hydrogens (tertiary/aromatic N) is 7. The molecule has 0 bridgehead atoms. The third-order valence-electron chi connectivity index (χ3n) is 6.84. The molecule has 1 fully saturated rings. The van der Waals surface area contributed by atoms with E-state index in [1.807, 2.05) is 36.5 Å². The molecule has 202 valence electrons. The third kappa shape index (κ3) is 6.18.